The van der Waals surface area contributed by atoms with Crippen molar-refractivity contribution in [3.8, 4) is 5.75 Å². The second-order valence-corrected chi connectivity index (χ2v) is 6.42. The zero-order valence-corrected chi connectivity index (χ0v) is 11.6. The molecule has 0 bridgehead atoms. The molecule has 19 heavy (non-hydrogen) atoms. The van der Waals surface area contributed by atoms with E-state index in [1.165, 1.54) is 33.8 Å². The van der Waals surface area contributed by atoms with E-state index in [1.54, 1.807) is 0 Å². The summed E-state index contributed by atoms with van der Waals surface area (Å²) in [5.41, 5.74) is 4.31. The van der Waals surface area contributed by atoms with Crippen molar-refractivity contribution < 1.29 is 4.74 Å². The van der Waals surface area contributed by atoms with E-state index in [1.807, 2.05) is 17.8 Å². The van der Waals surface area contributed by atoms with Gasteiger partial charge in [-0.15, -0.1) is 11.8 Å². The van der Waals surface area contributed by atoms with Crippen LogP contribution in [0.5, 0.6) is 5.75 Å². The van der Waals surface area contributed by atoms with Gasteiger partial charge in [0.05, 0.1) is 6.61 Å². The molecule has 96 valence electrons. The van der Waals surface area contributed by atoms with Gasteiger partial charge in [-0.2, -0.15) is 0 Å². The zero-order valence-electron chi connectivity index (χ0n) is 10.8. The van der Waals surface area contributed by atoms with Gasteiger partial charge in [0, 0.05) is 16.6 Å². The fourth-order valence-corrected chi connectivity index (χ4v) is 4.06. The fourth-order valence-electron chi connectivity index (χ4n) is 3.00. The van der Waals surface area contributed by atoms with Crippen LogP contribution in [0.25, 0.3) is 0 Å². The second kappa shape index (κ2) is 4.61. The van der Waals surface area contributed by atoms with Crippen molar-refractivity contribution in [3.05, 3.63) is 59.2 Å². The average Bonchev–Trinajstić information content (AvgIpc) is 2.94. The Morgan fingerprint density at radius 3 is 3.00 bits per heavy atom. The first kappa shape index (κ1) is 11.4. The van der Waals surface area contributed by atoms with E-state index in [4.69, 9.17) is 4.74 Å². The van der Waals surface area contributed by atoms with Crippen molar-refractivity contribution in [2.45, 2.75) is 23.7 Å². The maximum atomic E-state index is 5.90. The number of rotatable bonds is 1. The highest BCUT2D eigenvalue weighted by atomic mass is 32.2. The fraction of sp³-hybridized carbons (Fsp3) is 0.294. The van der Waals surface area contributed by atoms with Gasteiger partial charge in [-0.1, -0.05) is 30.3 Å². The van der Waals surface area contributed by atoms with Gasteiger partial charge in [0.2, 0.25) is 0 Å². The molecule has 0 radical (unpaired) electrons. The minimum absolute atomic E-state index is 0.505. The third-order valence-corrected chi connectivity index (χ3v) is 5.18. The quantitative estimate of drug-likeness (QED) is 0.771. The summed E-state index contributed by atoms with van der Waals surface area (Å²) in [6.45, 7) is 0.808. The van der Waals surface area contributed by atoms with Crippen LogP contribution in [-0.2, 0) is 12.8 Å². The van der Waals surface area contributed by atoms with Gasteiger partial charge < -0.3 is 4.74 Å². The largest absolute Gasteiger partial charge is 0.493 e. The predicted octanol–water partition coefficient (Wildman–Crippen LogP) is 4.05. The molecule has 0 spiro atoms. The SMILES string of the molecule is c1ccc2c(c1)CC(c1ccc3c(c1)CCS3)CO2. The van der Waals surface area contributed by atoms with Crippen LogP contribution >= 0.6 is 11.8 Å². The number of hydrogen-bond donors (Lipinski definition) is 0. The molecule has 4 rings (SSSR count). The van der Waals surface area contributed by atoms with E-state index in [0.29, 0.717) is 5.92 Å². The van der Waals surface area contributed by atoms with Crippen molar-refractivity contribution >= 4 is 11.8 Å². The number of thioether (sulfide) groups is 1. The molecule has 0 N–H and O–H groups in total. The highest BCUT2D eigenvalue weighted by Gasteiger charge is 2.22. The maximum Gasteiger partial charge on any atom is 0.122 e. The molecule has 2 heteroatoms. The lowest BCUT2D eigenvalue weighted by Crippen LogP contribution is -2.19. The lowest BCUT2D eigenvalue weighted by Gasteiger charge is -2.26. The minimum Gasteiger partial charge on any atom is -0.493 e. The summed E-state index contributed by atoms with van der Waals surface area (Å²) < 4.78 is 5.90. The van der Waals surface area contributed by atoms with Gasteiger partial charge in [0.25, 0.3) is 0 Å². The van der Waals surface area contributed by atoms with Gasteiger partial charge in [-0.3, -0.25) is 0 Å². The molecule has 1 unspecified atom stereocenters. The van der Waals surface area contributed by atoms with Crippen molar-refractivity contribution in [1.82, 2.24) is 0 Å². The van der Waals surface area contributed by atoms with E-state index < -0.39 is 0 Å². The van der Waals surface area contributed by atoms with Crippen molar-refractivity contribution in [3.63, 3.8) is 0 Å². The maximum absolute atomic E-state index is 5.90. The molecule has 0 fully saturated rings. The van der Waals surface area contributed by atoms with Crippen LogP contribution in [0.3, 0.4) is 0 Å². The van der Waals surface area contributed by atoms with Crippen LogP contribution in [0.2, 0.25) is 0 Å². The summed E-state index contributed by atoms with van der Waals surface area (Å²) >= 11 is 1.98. The molecule has 2 aliphatic heterocycles. The van der Waals surface area contributed by atoms with Gasteiger partial charge >= 0.3 is 0 Å². The van der Waals surface area contributed by atoms with Gasteiger partial charge in [0.15, 0.2) is 0 Å². The molecule has 1 atom stereocenters. The first-order valence-electron chi connectivity index (χ1n) is 6.86. The number of ether oxygens (including phenoxy) is 1. The molecule has 2 aromatic rings. The number of aryl methyl sites for hydroxylation is 1. The Kier molecular flexibility index (Phi) is 2.77. The highest BCUT2D eigenvalue weighted by Crippen LogP contribution is 2.36. The molecule has 2 aromatic carbocycles. The van der Waals surface area contributed by atoms with Gasteiger partial charge in [-0.25, -0.2) is 0 Å². The Balaban J connectivity index is 1.64. The smallest absolute Gasteiger partial charge is 0.122 e. The summed E-state index contributed by atoms with van der Waals surface area (Å²) in [7, 11) is 0. The van der Waals surface area contributed by atoms with Gasteiger partial charge in [0.1, 0.15) is 5.75 Å². The summed E-state index contributed by atoms with van der Waals surface area (Å²) in [5, 5.41) is 0. The molecule has 0 aliphatic carbocycles. The molecule has 2 aliphatic rings. The summed E-state index contributed by atoms with van der Waals surface area (Å²) in [5.74, 6) is 2.81. The average molecular weight is 268 g/mol. The third kappa shape index (κ3) is 2.04. The Morgan fingerprint density at radius 2 is 2.00 bits per heavy atom. The van der Waals surface area contributed by atoms with Crippen LogP contribution in [0.1, 0.15) is 22.6 Å². The number of fused-ring (bicyclic) bond motifs is 2. The summed E-state index contributed by atoms with van der Waals surface area (Å²) in [6.07, 6.45) is 2.32. The van der Waals surface area contributed by atoms with Crippen LogP contribution in [0.4, 0.5) is 0 Å². The number of para-hydroxylation sites is 1. The Bertz CT molecular complexity index is 620. The monoisotopic (exact) mass is 268 g/mol. The van der Waals surface area contributed by atoms with E-state index in [0.717, 1.165) is 18.8 Å². The van der Waals surface area contributed by atoms with E-state index >= 15 is 0 Å². The first-order chi connectivity index (χ1) is 9.40. The van der Waals surface area contributed by atoms with Gasteiger partial charge in [-0.05, 0) is 41.7 Å². The molecule has 2 heterocycles. The Hall–Kier alpha value is -1.41. The summed E-state index contributed by atoms with van der Waals surface area (Å²) in [4.78, 5) is 1.47. The van der Waals surface area contributed by atoms with Crippen molar-refractivity contribution in [1.29, 1.82) is 0 Å². The standard InChI is InChI=1S/C17H16OS/c1-2-4-16-13(3-1)10-15(11-18-16)12-5-6-17-14(9-12)7-8-19-17/h1-6,9,15H,7-8,10-11H2. The van der Waals surface area contributed by atoms with Crippen LogP contribution in [0, 0.1) is 0 Å². The van der Waals surface area contributed by atoms with Crippen molar-refractivity contribution in [2.24, 2.45) is 0 Å². The van der Waals surface area contributed by atoms with E-state index in [-0.39, 0.29) is 0 Å². The normalized spacial score (nSPS) is 20.5. The molecule has 0 aromatic heterocycles. The Labute approximate surface area is 118 Å². The number of benzene rings is 2. The molecular weight excluding hydrogens is 252 g/mol. The number of hydrogen-bond acceptors (Lipinski definition) is 2. The minimum atomic E-state index is 0.505. The van der Waals surface area contributed by atoms with E-state index in [2.05, 4.69) is 36.4 Å². The van der Waals surface area contributed by atoms with Crippen LogP contribution in [-0.4, -0.2) is 12.4 Å². The predicted molar refractivity (Wildman–Crippen MR) is 79.3 cm³/mol. The van der Waals surface area contributed by atoms with Crippen LogP contribution in [0.15, 0.2) is 47.4 Å². The molecule has 1 nitrogen and oxygen atoms in total. The Morgan fingerprint density at radius 1 is 1.05 bits per heavy atom. The topological polar surface area (TPSA) is 9.23 Å². The van der Waals surface area contributed by atoms with Crippen LogP contribution < -0.4 is 4.74 Å². The lowest BCUT2D eigenvalue weighted by molar-refractivity contribution is 0.262. The van der Waals surface area contributed by atoms with E-state index in [9.17, 15) is 0 Å². The first-order valence-corrected chi connectivity index (χ1v) is 7.85. The molecule has 0 saturated heterocycles. The zero-order chi connectivity index (χ0) is 12.7. The highest BCUT2D eigenvalue weighted by molar-refractivity contribution is 7.99. The second-order valence-electron chi connectivity index (χ2n) is 5.29. The van der Waals surface area contributed by atoms with Crippen molar-refractivity contribution in [2.75, 3.05) is 12.4 Å². The molecular formula is C17H16OS. The third-order valence-electron chi connectivity index (χ3n) is 4.06. The molecule has 0 saturated carbocycles. The lowest BCUT2D eigenvalue weighted by atomic mass is 9.89. The molecule has 0 amide bonds. The summed E-state index contributed by atoms with van der Waals surface area (Å²) in [6, 6.07) is 15.4.